The minimum absolute atomic E-state index is 0.0759. The first-order chi connectivity index (χ1) is 16.4. The van der Waals surface area contributed by atoms with Crippen molar-refractivity contribution in [2.45, 2.75) is 25.3 Å². The number of nitrogens with one attached hydrogen (secondary N) is 2. The molecule has 0 saturated carbocycles. The van der Waals surface area contributed by atoms with E-state index in [-0.39, 0.29) is 11.8 Å². The highest BCUT2D eigenvalue weighted by atomic mass is 35.5. The van der Waals surface area contributed by atoms with Crippen LogP contribution < -0.4 is 10.6 Å². The number of amides is 2. The van der Waals surface area contributed by atoms with E-state index < -0.39 is 0 Å². The number of benzene rings is 3. The summed E-state index contributed by atoms with van der Waals surface area (Å²) in [5, 5.41) is 7.62. The molecule has 0 aliphatic carbocycles. The summed E-state index contributed by atoms with van der Waals surface area (Å²) in [6.45, 7) is 5.18. The summed E-state index contributed by atoms with van der Waals surface area (Å²) in [7, 11) is 0. The van der Waals surface area contributed by atoms with Crippen molar-refractivity contribution in [1.82, 2.24) is 9.88 Å². The van der Waals surface area contributed by atoms with Gasteiger partial charge < -0.3 is 15.2 Å². The van der Waals surface area contributed by atoms with Gasteiger partial charge in [-0.3, -0.25) is 9.59 Å². The smallest absolute Gasteiger partial charge is 0.251 e. The fraction of sp³-hybridized carbons (Fsp3) is 0.185. The first-order valence-corrected chi connectivity index (χ1v) is 12.4. The summed E-state index contributed by atoms with van der Waals surface area (Å²) in [5.41, 5.74) is 4.73. The predicted molar refractivity (Wildman–Crippen MR) is 141 cm³/mol. The molecule has 5 nitrogen and oxygen atoms in total. The molecular weight excluding hydrogens is 466 g/mol. The topological polar surface area (TPSA) is 63.1 Å². The number of aryl methyl sites for hydroxylation is 2. The second-order valence-corrected chi connectivity index (χ2v) is 9.56. The molecule has 2 N–H and O–H groups in total. The molecule has 0 bridgehead atoms. The molecule has 0 unspecified atom stereocenters. The summed E-state index contributed by atoms with van der Waals surface area (Å²) in [6, 6.07) is 20.9. The van der Waals surface area contributed by atoms with E-state index in [2.05, 4.69) is 27.3 Å². The minimum atomic E-state index is -0.0789. The maximum absolute atomic E-state index is 12.5. The molecule has 3 aromatic carbocycles. The van der Waals surface area contributed by atoms with Crippen LogP contribution in [0.4, 0.5) is 5.69 Å². The van der Waals surface area contributed by atoms with E-state index in [9.17, 15) is 9.59 Å². The molecular formula is C27H26ClN3O2S. The second-order valence-electron chi connectivity index (χ2n) is 8.10. The number of rotatable bonds is 8. The molecule has 0 aliphatic heterocycles. The van der Waals surface area contributed by atoms with Gasteiger partial charge in [0.25, 0.3) is 5.91 Å². The Morgan fingerprint density at radius 1 is 0.971 bits per heavy atom. The van der Waals surface area contributed by atoms with Gasteiger partial charge in [0.15, 0.2) is 0 Å². The molecule has 0 aliphatic rings. The van der Waals surface area contributed by atoms with E-state index in [0.29, 0.717) is 29.4 Å². The van der Waals surface area contributed by atoms with Crippen LogP contribution in [0, 0.1) is 13.8 Å². The van der Waals surface area contributed by atoms with Gasteiger partial charge in [0, 0.05) is 51.4 Å². The summed E-state index contributed by atoms with van der Waals surface area (Å²) in [5.74, 6) is 0.137. The molecule has 174 valence electrons. The van der Waals surface area contributed by atoms with Crippen LogP contribution >= 0.6 is 23.4 Å². The highest BCUT2D eigenvalue weighted by molar-refractivity contribution is 8.00. The predicted octanol–water partition coefficient (Wildman–Crippen LogP) is 6.07. The SMILES string of the molecule is Cc1ccc(C(=O)NCCn2cc(SCC(=O)Nc3ccc(Cl)cc3)c3ccccc32)cc1C. The second kappa shape index (κ2) is 10.8. The maximum Gasteiger partial charge on any atom is 0.251 e. The lowest BCUT2D eigenvalue weighted by atomic mass is 10.1. The molecule has 4 rings (SSSR count). The van der Waals surface area contributed by atoms with Gasteiger partial charge in [-0.2, -0.15) is 0 Å². The third kappa shape index (κ3) is 5.82. The Kier molecular flexibility index (Phi) is 7.60. The number of carbonyl (C=O) groups is 2. The summed E-state index contributed by atoms with van der Waals surface area (Å²) in [6.07, 6.45) is 2.05. The van der Waals surface area contributed by atoms with Crippen LogP contribution in [0.25, 0.3) is 10.9 Å². The van der Waals surface area contributed by atoms with Gasteiger partial charge in [-0.15, -0.1) is 11.8 Å². The van der Waals surface area contributed by atoms with Crippen LogP contribution in [-0.2, 0) is 11.3 Å². The van der Waals surface area contributed by atoms with E-state index in [0.717, 1.165) is 27.0 Å². The first-order valence-electron chi connectivity index (χ1n) is 11.0. The monoisotopic (exact) mass is 491 g/mol. The molecule has 2 amide bonds. The highest BCUT2D eigenvalue weighted by Crippen LogP contribution is 2.30. The van der Waals surface area contributed by atoms with Crippen molar-refractivity contribution in [3.8, 4) is 0 Å². The number of hydrogen-bond acceptors (Lipinski definition) is 3. The molecule has 1 heterocycles. The first kappa shape index (κ1) is 23.9. The third-order valence-corrected chi connectivity index (χ3v) is 6.94. The van der Waals surface area contributed by atoms with Crippen molar-refractivity contribution < 1.29 is 9.59 Å². The van der Waals surface area contributed by atoms with Gasteiger partial charge in [0.2, 0.25) is 5.91 Å². The maximum atomic E-state index is 12.5. The Balaban J connectivity index is 1.38. The lowest BCUT2D eigenvalue weighted by Gasteiger charge is -2.09. The van der Waals surface area contributed by atoms with Crippen molar-refractivity contribution in [2.24, 2.45) is 0 Å². The lowest BCUT2D eigenvalue weighted by Crippen LogP contribution is -2.27. The van der Waals surface area contributed by atoms with Crippen LogP contribution in [0.3, 0.4) is 0 Å². The zero-order valence-electron chi connectivity index (χ0n) is 19.1. The van der Waals surface area contributed by atoms with Crippen LogP contribution in [0.15, 0.2) is 77.8 Å². The minimum Gasteiger partial charge on any atom is -0.350 e. The molecule has 0 saturated heterocycles. The molecule has 7 heteroatoms. The van der Waals surface area contributed by atoms with E-state index >= 15 is 0 Å². The fourth-order valence-electron chi connectivity index (χ4n) is 3.66. The Morgan fingerprint density at radius 3 is 2.50 bits per heavy atom. The van der Waals surface area contributed by atoms with E-state index in [1.54, 1.807) is 24.3 Å². The molecule has 0 spiro atoms. The number of hydrogen-bond donors (Lipinski definition) is 2. The quantitative estimate of drug-likeness (QED) is 0.294. The Hall–Kier alpha value is -3.22. The number of nitrogens with zero attached hydrogens (tertiary/aromatic N) is 1. The molecule has 0 radical (unpaired) electrons. The molecule has 0 fully saturated rings. The van der Waals surface area contributed by atoms with Gasteiger partial charge in [-0.05, 0) is 67.4 Å². The van der Waals surface area contributed by atoms with Crippen LogP contribution in [0.5, 0.6) is 0 Å². The van der Waals surface area contributed by atoms with Gasteiger partial charge in [-0.1, -0.05) is 35.9 Å². The molecule has 34 heavy (non-hydrogen) atoms. The van der Waals surface area contributed by atoms with Crippen molar-refractivity contribution in [3.05, 3.63) is 94.6 Å². The van der Waals surface area contributed by atoms with Crippen LogP contribution in [0.2, 0.25) is 5.02 Å². The van der Waals surface area contributed by atoms with E-state index in [4.69, 9.17) is 11.6 Å². The number of thioether (sulfide) groups is 1. The average molecular weight is 492 g/mol. The normalized spacial score (nSPS) is 10.9. The Labute approximate surface area is 208 Å². The van der Waals surface area contributed by atoms with Crippen molar-refractivity contribution in [2.75, 3.05) is 17.6 Å². The largest absolute Gasteiger partial charge is 0.350 e. The van der Waals surface area contributed by atoms with E-state index in [1.807, 2.05) is 50.4 Å². The van der Waals surface area contributed by atoms with Crippen molar-refractivity contribution in [3.63, 3.8) is 0 Å². The summed E-state index contributed by atoms with van der Waals surface area (Å²) >= 11 is 7.40. The standard InChI is InChI=1S/C27H26ClN3O2S/c1-18-7-8-20(15-19(18)2)27(33)29-13-14-31-16-25(23-5-3-4-6-24(23)31)34-17-26(32)30-22-11-9-21(28)10-12-22/h3-12,15-16H,13-14,17H2,1-2H3,(H,29,33)(H,30,32). The number of anilines is 1. The zero-order valence-corrected chi connectivity index (χ0v) is 20.7. The van der Waals surface area contributed by atoms with Crippen molar-refractivity contribution in [1.29, 1.82) is 0 Å². The number of carbonyl (C=O) groups excluding carboxylic acids is 2. The van der Waals surface area contributed by atoms with E-state index in [1.165, 1.54) is 17.3 Å². The number of para-hydroxylation sites is 1. The summed E-state index contributed by atoms with van der Waals surface area (Å²) in [4.78, 5) is 26.0. The van der Waals surface area contributed by atoms with Gasteiger partial charge >= 0.3 is 0 Å². The van der Waals surface area contributed by atoms with Crippen LogP contribution in [-0.4, -0.2) is 28.7 Å². The van der Waals surface area contributed by atoms with Crippen molar-refractivity contribution >= 4 is 51.8 Å². The highest BCUT2D eigenvalue weighted by Gasteiger charge is 2.12. The Bertz CT molecular complexity index is 1330. The molecule has 0 atom stereocenters. The third-order valence-electron chi connectivity index (χ3n) is 5.65. The van der Waals surface area contributed by atoms with Gasteiger partial charge in [0.05, 0.1) is 5.75 Å². The number of halogens is 1. The average Bonchev–Trinajstić information content (AvgIpc) is 3.18. The number of fused-ring (bicyclic) bond motifs is 1. The lowest BCUT2D eigenvalue weighted by molar-refractivity contribution is -0.113. The van der Waals surface area contributed by atoms with Gasteiger partial charge in [-0.25, -0.2) is 0 Å². The molecule has 1 aromatic heterocycles. The molecule has 4 aromatic rings. The fourth-order valence-corrected chi connectivity index (χ4v) is 4.68. The summed E-state index contributed by atoms with van der Waals surface area (Å²) < 4.78 is 2.12. The Morgan fingerprint density at radius 2 is 1.74 bits per heavy atom. The van der Waals surface area contributed by atoms with Crippen LogP contribution in [0.1, 0.15) is 21.5 Å². The number of aromatic nitrogens is 1. The zero-order chi connectivity index (χ0) is 24.1. The van der Waals surface area contributed by atoms with Gasteiger partial charge in [0.1, 0.15) is 0 Å².